The van der Waals surface area contributed by atoms with E-state index in [1.54, 1.807) is 4.90 Å². The van der Waals surface area contributed by atoms with Gasteiger partial charge in [0.25, 0.3) is 0 Å². The monoisotopic (exact) mass is 377 g/mol. The summed E-state index contributed by atoms with van der Waals surface area (Å²) in [5, 5.41) is 0. The molecule has 1 aromatic carbocycles. The third-order valence-corrected chi connectivity index (χ3v) is 6.08. The molecule has 0 spiro atoms. The van der Waals surface area contributed by atoms with Gasteiger partial charge in [-0.05, 0) is 46.9 Å². The Bertz CT molecular complexity index is 596. The smallest absolute Gasteiger partial charge is 0.227 e. The van der Waals surface area contributed by atoms with Crippen molar-refractivity contribution in [3.8, 4) is 0 Å². The SMILES string of the molecule is O=C1C[C@@H]2CS(=O)(=O)C[C@@H]2N1c1ccc(I)cc1. The van der Waals surface area contributed by atoms with Gasteiger partial charge in [-0.3, -0.25) is 4.79 Å². The van der Waals surface area contributed by atoms with Crippen molar-refractivity contribution < 1.29 is 13.2 Å². The predicted octanol–water partition coefficient (Wildman–Crippen LogP) is 1.44. The highest BCUT2D eigenvalue weighted by molar-refractivity contribution is 14.1. The summed E-state index contributed by atoms with van der Waals surface area (Å²) in [5.74, 6) is 0.280. The second-order valence-corrected chi connectivity index (χ2v) is 8.25. The molecule has 1 aromatic rings. The highest BCUT2D eigenvalue weighted by Crippen LogP contribution is 2.37. The van der Waals surface area contributed by atoms with E-state index in [1.807, 2.05) is 24.3 Å². The molecule has 2 heterocycles. The van der Waals surface area contributed by atoms with Crippen LogP contribution in [0.5, 0.6) is 0 Å². The van der Waals surface area contributed by atoms with Gasteiger partial charge in [-0.25, -0.2) is 8.42 Å². The minimum atomic E-state index is -2.97. The number of nitrogens with zero attached hydrogens (tertiary/aromatic N) is 1. The first-order valence-corrected chi connectivity index (χ1v) is 8.64. The van der Waals surface area contributed by atoms with Crippen LogP contribution in [0.2, 0.25) is 0 Å². The molecule has 6 heteroatoms. The Hall–Kier alpha value is -0.630. The summed E-state index contributed by atoms with van der Waals surface area (Å²) in [6.07, 6.45) is 0.357. The molecule has 2 fully saturated rings. The third kappa shape index (κ3) is 2.05. The molecule has 2 atom stereocenters. The highest BCUT2D eigenvalue weighted by Gasteiger charge is 2.49. The van der Waals surface area contributed by atoms with Crippen LogP contribution in [0.4, 0.5) is 5.69 Å². The van der Waals surface area contributed by atoms with Gasteiger partial charge in [0, 0.05) is 21.6 Å². The highest BCUT2D eigenvalue weighted by atomic mass is 127. The molecule has 0 saturated carbocycles. The molecule has 2 aliphatic rings. The van der Waals surface area contributed by atoms with Crippen LogP contribution in [-0.4, -0.2) is 31.9 Å². The van der Waals surface area contributed by atoms with Gasteiger partial charge in [0.2, 0.25) is 5.91 Å². The zero-order valence-electron chi connectivity index (χ0n) is 9.54. The van der Waals surface area contributed by atoms with Crippen molar-refractivity contribution in [1.29, 1.82) is 0 Å². The van der Waals surface area contributed by atoms with Gasteiger partial charge in [-0.1, -0.05) is 0 Å². The van der Waals surface area contributed by atoms with Crippen LogP contribution in [0.15, 0.2) is 24.3 Å². The van der Waals surface area contributed by atoms with Gasteiger partial charge >= 0.3 is 0 Å². The number of hydrogen-bond acceptors (Lipinski definition) is 3. The maximum absolute atomic E-state index is 12.0. The van der Waals surface area contributed by atoms with Crippen molar-refractivity contribution in [2.24, 2.45) is 5.92 Å². The van der Waals surface area contributed by atoms with Crippen LogP contribution in [0.3, 0.4) is 0 Å². The molecule has 0 unspecified atom stereocenters. The second kappa shape index (κ2) is 4.19. The van der Waals surface area contributed by atoms with E-state index in [1.165, 1.54) is 0 Å². The molecule has 0 bridgehead atoms. The van der Waals surface area contributed by atoms with Crippen LogP contribution < -0.4 is 4.90 Å². The molecule has 0 N–H and O–H groups in total. The number of hydrogen-bond donors (Lipinski definition) is 0. The normalized spacial score (nSPS) is 29.6. The van der Waals surface area contributed by atoms with Gasteiger partial charge in [0.05, 0.1) is 17.5 Å². The maximum atomic E-state index is 12.0. The van der Waals surface area contributed by atoms with E-state index < -0.39 is 9.84 Å². The molecule has 3 rings (SSSR count). The fourth-order valence-electron chi connectivity index (χ4n) is 2.83. The second-order valence-electron chi connectivity index (χ2n) is 4.85. The van der Waals surface area contributed by atoms with E-state index in [4.69, 9.17) is 0 Å². The lowest BCUT2D eigenvalue weighted by atomic mass is 10.1. The molecule has 96 valence electrons. The van der Waals surface area contributed by atoms with Crippen molar-refractivity contribution in [2.45, 2.75) is 12.5 Å². The van der Waals surface area contributed by atoms with Gasteiger partial charge in [0.15, 0.2) is 9.84 Å². The minimum absolute atomic E-state index is 0.0261. The van der Waals surface area contributed by atoms with Crippen LogP contribution in [0.25, 0.3) is 0 Å². The molecule has 0 radical (unpaired) electrons. The van der Waals surface area contributed by atoms with Crippen LogP contribution >= 0.6 is 22.6 Å². The van der Waals surface area contributed by atoms with E-state index in [-0.39, 0.29) is 29.4 Å². The first-order valence-electron chi connectivity index (χ1n) is 5.74. The Morgan fingerprint density at radius 3 is 2.50 bits per heavy atom. The van der Waals surface area contributed by atoms with Crippen molar-refractivity contribution in [3.63, 3.8) is 0 Å². The number of carbonyl (C=O) groups excluding carboxylic acids is 1. The van der Waals surface area contributed by atoms with Crippen molar-refractivity contribution in [2.75, 3.05) is 16.4 Å². The predicted molar refractivity (Wildman–Crippen MR) is 77.2 cm³/mol. The number of sulfone groups is 1. The van der Waals surface area contributed by atoms with E-state index in [0.29, 0.717) is 6.42 Å². The van der Waals surface area contributed by atoms with Crippen LogP contribution in [0, 0.1) is 9.49 Å². The van der Waals surface area contributed by atoms with Crippen LogP contribution in [-0.2, 0) is 14.6 Å². The Balaban J connectivity index is 1.96. The fraction of sp³-hybridized carbons (Fsp3) is 0.417. The first-order chi connectivity index (χ1) is 8.46. The molecular formula is C12H12INO3S. The van der Waals surface area contributed by atoms with Gasteiger partial charge in [-0.15, -0.1) is 0 Å². The maximum Gasteiger partial charge on any atom is 0.227 e. The zero-order chi connectivity index (χ0) is 12.9. The number of carbonyl (C=O) groups is 1. The topological polar surface area (TPSA) is 54.5 Å². The summed E-state index contributed by atoms with van der Waals surface area (Å²) in [6, 6.07) is 7.46. The summed E-state index contributed by atoms with van der Waals surface area (Å²) in [5.41, 5.74) is 0.810. The molecule has 4 nitrogen and oxygen atoms in total. The van der Waals surface area contributed by atoms with E-state index >= 15 is 0 Å². The average Bonchev–Trinajstić information content (AvgIpc) is 2.70. The van der Waals surface area contributed by atoms with Crippen LogP contribution in [0.1, 0.15) is 6.42 Å². The van der Waals surface area contributed by atoms with Gasteiger partial charge in [-0.2, -0.15) is 0 Å². The number of amides is 1. The molecule has 1 amide bonds. The van der Waals surface area contributed by atoms with Crippen molar-refractivity contribution >= 4 is 44.0 Å². The summed E-state index contributed by atoms with van der Waals surface area (Å²) in [4.78, 5) is 13.7. The molecule has 0 aromatic heterocycles. The van der Waals surface area contributed by atoms with Gasteiger partial charge < -0.3 is 4.90 Å². The summed E-state index contributed by atoms with van der Waals surface area (Å²) < 4.78 is 24.4. The van der Waals surface area contributed by atoms with E-state index in [9.17, 15) is 13.2 Å². The lowest BCUT2D eigenvalue weighted by Crippen LogP contribution is -2.36. The number of rotatable bonds is 1. The minimum Gasteiger partial charge on any atom is -0.308 e. The van der Waals surface area contributed by atoms with E-state index in [0.717, 1.165) is 9.26 Å². The molecule has 18 heavy (non-hydrogen) atoms. The lowest BCUT2D eigenvalue weighted by Gasteiger charge is -2.23. The summed E-state index contributed by atoms with van der Waals surface area (Å²) >= 11 is 2.20. The zero-order valence-corrected chi connectivity index (χ0v) is 12.5. The Kier molecular flexibility index (Phi) is 2.89. The molecular weight excluding hydrogens is 365 g/mol. The Morgan fingerprint density at radius 1 is 1.17 bits per heavy atom. The summed E-state index contributed by atoms with van der Waals surface area (Å²) in [6.45, 7) is 0. The standard InChI is InChI=1S/C12H12INO3S/c13-9-1-3-10(4-2-9)14-11-7-18(16,17)6-8(11)5-12(14)15/h1-4,8,11H,5-7H2/t8-,11+/m1/s1. The molecule has 2 aliphatic heterocycles. The molecule has 2 saturated heterocycles. The third-order valence-electron chi connectivity index (χ3n) is 3.58. The lowest BCUT2D eigenvalue weighted by molar-refractivity contribution is -0.117. The largest absolute Gasteiger partial charge is 0.308 e. The number of anilines is 1. The average molecular weight is 377 g/mol. The quantitative estimate of drug-likeness (QED) is 0.697. The molecule has 0 aliphatic carbocycles. The van der Waals surface area contributed by atoms with Crippen molar-refractivity contribution in [1.82, 2.24) is 0 Å². The Labute approximate surface area is 119 Å². The first kappa shape index (κ1) is 12.4. The Morgan fingerprint density at radius 2 is 1.83 bits per heavy atom. The summed E-state index contributed by atoms with van der Waals surface area (Å²) in [7, 11) is -2.97. The van der Waals surface area contributed by atoms with Crippen molar-refractivity contribution in [3.05, 3.63) is 27.8 Å². The van der Waals surface area contributed by atoms with Gasteiger partial charge in [0.1, 0.15) is 0 Å². The number of halogens is 1. The number of fused-ring (bicyclic) bond motifs is 1. The number of benzene rings is 1. The van der Waals surface area contributed by atoms with E-state index in [2.05, 4.69) is 22.6 Å². The fourth-order valence-corrected chi connectivity index (χ4v) is 5.26.